The fraction of sp³-hybridized carbons (Fsp3) is 0.0588. The highest BCUT2D eigenvalue weighted by molar-refractivity contribution is 6.02. The Bertz CT molecular complexity index is 818. The Hall–Kier alpha value is -2.88. The van der Waals surface area contributed by atoms with E-state index in [1.165, 1.54) is 6.08 Å². The van der Waals surface area contributed by atoms with Crippen molar-refractivity contribution in [3.8, 4) is 0 Å². The summed E-state index contributed by atoms with van der Waals surface area (Å²) in [4.78, 5) is 16.2. The van der Waals surface area contributed by atoms with Gasteiger partial charge in [-0.25, -0.2) is 4.98 Å². The first kappa shape index (κ1) is 13.1. The van der Waals surface area contributed by atoms with E-state index in [1.54, 1.807) is 12.3 Å². The second-order valence-electron chi connectivity index (χ2n) is 4.75. The van der Waals surface area contributed by atoms with Crippen LogP contribution in [0.1, 0.15) is 11.3 Å². The van der Waals surface area contributed by atoms with Gasteiger partial charge in [-0.05, 0) is 36.8 Å². The van der Waals surface area contributed by atoms with Crippen LogP contribution in [0, 0.1) is 6.92 Å². The van der Waals surface area contributed by atoms with Gasteiger partial charge in [0.05, 0.1) is 11.9 Å². The number of carbonyl (C=O) groups is 1. The van der Waals surface area contributed by atoms with Crippen LogP contribution in [0.2, 0.25) is 0 Å². The molecule has 0 saturated carbocycles. The second-order valence-corrected chi connectivity index (χ2v) is 4.75. The first-order chi connectivity index (χ1) is 10.2. The summed E-state index contributed by atoms with van der Waals surface area (Å²) in [6, 6.07) is 13.5. The van der Waals surface area contributed by atoms with E-state index >= 15 is 0 Å². The molecule has 104 valence electrons. The second kappa shape index (κ2) is 5.63. The van der Waals surface area contributed by atoms with Gasteiger partial charge in [0.2, 0.25) is 5.91 Å². The summed E-state index contributed by atoms with van der Waals surface area (Å²) in [5.41, 5.74) is 3.58. The van der Waals surface area contributed by atoms with Crippen LogP contribution in [0.3, 0.4) is 0 Å². The van der Waals surface area contributed by atoms with Gasteiger partial charge >= 0.3 is 0 Å². The molecule has 2 heterocycles. The Morgan fingerprint density at radius 2 is 2.00 bits per heavy atom. The van der Waals surface area contributed by atoms with Crippen LogP contribution < -0.4 is 5.32 Å². The van der Waals surface area contributed by atoms with Crippen molar-refractivity contribution in [1.82, 2.24) is 9.38 Å². The molecular formula is C17H15N3O. The zero-order chi connectivity index (χ0) is 14.7. The average molecular weight is 277 g/mol. The topological polar surface area (TPSA) is 46.4 Å². The van der Waals surface area contributed by atoms with Crippen molar-refractivity contribution in [1.29, 1.82) is 0 Å². The minimum absolute atomic E-state index is 0.157. The number of nitrogens with one attached hydrogen (secondary N) is 1. The summed E-state index contributed by atoms with van der Waals surface area (Å²) in [5, 5.41) is 2.87. The van der Waals surface area contributed by atoms with Gasteiger partial charge in [0.25, 0.3) is 0 Å². The Morgan fingerprint density at radius 1 is 1.19 bits per heavy atom. The van der Waals surface area contributed by atoms with Gasteiger partial charge in [0, 0.05) is 18.0 Å². The molecule has 0 unspecified atom stereocenters. The maximum atomic E-state index is 12.0. The molecule has 0 atom stereocenters. The number of nitrogens with zero attached hydrogens (tertiary/aromatic N) is 2. The highest BCUT2D eigenvalue weighted by Gasteiger charge is 2.02. The zero-order valence-electron chi connectivity index (χ0n) is 11.7. The van der Waals surface area contributed by atoms with Gasteiger partial charge in [-0.1, -0.05) is 24.3 Å². The number of benzene rings is 1. The van der Waals surface area contributed by atoms with E-state index in [4.69, 9.17) is 0 Å². The van der Waals surface area contributed by atoms with Gasteiger partial charge in [-0.15, -0.1) is 0 Å². The van der Waals surface area contributed by atoms with Crippen LogP contribution in [0.4, 0.5) is 5.69 Å². The fourth-order valence-corrected chi connectivity index (χ4v) is 2.12. The standard InChI is InChI=1S/C17H15N3O/c1-13-6-2-3-7-15(13)19-17(21)10-9-14-12-18-16-8-4-5-11-20(14)16/h2-12H,1H3,(H,19,21)/b10-9+. The molecule has 0 saturated heterocycles. The normalized spacial score (nSPS) is 11.1. The predicted molar refractivity (Wildman–Crippen MR) is 84.0 cm³/mol. The molecule has 1 amide bonds. The number of pyridine rings is 1. The molecule has 3 aromatic rings. The van der Waals surface area contributed by atoms with E-state index in [1.807, 2.05) is 60.0 Å². The summed E-state index contributed by atoms with van der Waals surface area (Å²) in [5.74, 6) is -0.157. The summed E-state index contributed by atoms with van der Waals surface area (Å²) in [7, 11) is 0. The van der Waals surface area contributed by atoms with E-state index in [-0.39, 0.29) is 5.91 Å². The number of hydrogen-bond donors (Lipinski definition) is 1. The number of anilines is 1. The van der Waals surface area contributed by atoms with E-state index in [9.17, 15) is 4.79 Å². The fourth-order valence-electron chi connectivity index (χ4n) is 2.12. The lowest BCUT2D eigenvalue weighted by atomic mass is 10.2. The summed E-state index contributed by atoms with van der Waals surface area (Å²) >= 11 is 0. The van der Waals surface area contributed by atoms with Crippen LogP contribution in [0.25, 0.3) is 11.7 Å². The molecule has 0 radical (unpaired) electrons. The SMILES string of the molecule is Cc1ccccc1NC(=O)/C=C/c1cnc2ccccn12. The van der Waals surface area contributed by atoms with Gasteiger partial charge in [-0.2, -0.15) is 0 Å². The van der Waals surface area contributed by atoms with Crippen molar-refractivity contribution >= 4 is 23.3 Å². The number of imidazole rings is 1. The van der Waals surface area contributed by atoms with Crippen molar-refractivity contribution in [3.63, 3.8) is 0 Å². The van der Waals surface area contributed by atoms with E-state index in [0.29, 0.717) is 0 Å². The minimum Gasteiger partial charge on any atom is -0.322 e. The Labute approximate surface area is 122 Å². The average Bonchev–Trinajstić information content (AvgIpc) is 2.91. The molecule has 2 aromatic heterocycles. The first-order valence-electron chi connectivity index (χ1n) is 6.71. The third-order valence-corrected chi connectivity index (χ3v) is 3.25. The van der Waals surface area contributed by atoms with E-state index < -0.39 is 0 Å². The lowest BCUT2D eigenvalue weighted by molar-refractivity contribution is -0.111. The molecular weight excluding hydrogens is 262 g/mol. The van der Waals surface area contributed by atoms with Crippen LogP contribution in [-0.2, 0) is 4.79 Å². The molecule has 4 nitrogen and oxygen atoms in total. The summed E-state index contributed by atoms with van der Waals surface area (Å²) < 4.78 is 1.93. The van der Waals surface area contributed by atoms with Gasteiger partial charge in [0.1, 0.15) is 5.65 Å². The van der Waals surface area contributed by atoms with E-state index in [0.717, 1.165) is 22.6 Å². The molecule has 1 aromatic carbocycles. The number of rotatable bonds is 3. The Morgan fingerprint density at radius 3 is 2.86 bits per heavy atom. The van der Waals surface area contributed by atoms with Crippen molar-refractivity contribution in [2.75, 3.05) is 5.32 Å². The molecule has 0 aliphatic heterocycles. The quantitative estimate of drug-likeness (QED) is 0.747. The molecule has 21 heavy (non-hydrogen) atoms. The number of hydrogen-bond acceptors (Lipinski definition) is 2. The summed E-state index contributed by atoms with van der Waals surface area (Å²) in [6.45, 7) is 1.96. The monoisotopic (exact) mass is 277 g/mol. The highest BCUT2D eigenvalue weighted by Crippen LogP contribution is 2.13. The molecule has 0 aliphatic carbocycles. The Kier molecular flexibility index (Phi) is 3.51. The number of aryl methyl sites for hydroxylation is 1. The lowest BCUT2D eigenvalue weighted by Crippen LogP contribution is -2.08. The van der Waals surface area contributed by atoms with Crippen LogP contribution >= 0.6 is 0 Å². The third-order valence-electron chi connectivity index (χ3n) is 3.25. The number of para-hydroxylation sites is 1. The number of amides is 1. The number of fused-ring (bicyclic) bond motifs is 1. The molecule has 0 spiro atoms. The van der Waals surface area contributed by atoms with Crippen molar-refractivity contribution in [3.05, 3.63) is 72.2 Å². The van der Waals surface area contributed by atoms with E-state index in [2.05, 4.69) is 10.3 Å². The molecule has 1 N–H and O–H groups in total. The van der Waals surface area contributed by atoms with Crippen LogP contribution in [0.5, 0.6) is 0 Å². The predicted octanol–water partition coefficient (Wildman–Crippen LogP) is 3.29. The lowest BCUT2D eigenvalue weighted by Gasteiger charge is -2.05. The molecule has 0 bridgehead atoms. The maximum absolute atomic E-state index is 12.0. The number of aromatic nitrogens is 2. The smallest absolute Gasteiger partial charge is 0.248 e. The number of carbonyl (C=O) groups excluding carboxylic acids is 1. The van der Waals surface area contributed by atoms with Gasteiger partial charge < -0.3 is 9.72 Å². The third kappa shape index (κ3) is 2.84. The van der Waals surface area contributed by atoms with Gasteiger partial charge in [-0.3, -0.25) is 4.79 Å². The molecule has 3 rings (SSSR count). The van der Waals surface area contributed by atoms with Crippen molar-refractivity contribution in [2.24, 2.45) is 0 Å². The summed E-state index contributed by atoms with van der Waals surface area (Å²) in [6.07, 6.45) is 6.94. The Balaban J connectivity index is 1.77. The van der Waals surface area contributed by atoms with Gasteiger partial charge in [0.15, 0.2) is 0 Å². The maximum Gasteiger partial charge on any atom is 0.248 e. The van der Waals surface area contributed by atoms with Crippen molar-refractivity contribution in [2.45, 2.75) is 6.92 Å². The minimum atomic E-state index is -0.157. The largest absolute Gasteiger partial charge is 0.322 e. The first-order valence-corrected chi connectivity index (χ1v) is 6.71. The zero-order valence-corrected chi connectivity index (χ0v) is 11.7. The highest BCUT2D eigenvalue weighted by atomic mass is 16.1. The molecule has 0 fully saturated rings. The molecule has 0 aliphatic rings. The van der Waals surface area contributed by atoms with Crippen LogP contribution in [-0.4, -0.2) is 15.3 Å². The molecule has 4 heteroatoms. The van der Waals surface area contributed by atoms with Crippen molar-refractivity contribution < 1.29 is 4.79 Å². The van der Waals surface area contributed by atoms with Crippen LogP contribution in [0.15, 0.2) is 60.9 Å².